The third kappa shape index (κ3) is 5.47. The largest absolute Gasteiger partial charge is 0.457 e. The van der Waals surface area contributed by atoms with Gasteiger partial charge in [0.15, 0.2) is 0 Å². The van der Waals surface area contributed by atoms with Crippen molar-refractivity contribution in [2.24, 2.45) is 5.41 Å². The lowest BCUT2D eigenvalue weighted by molar-refractivity contribution is -0.160. The third-order valence-corrected chi connectivity index (χ3v) is 3.17. The van der Waals surface area contributed by atoms with Crippen LogP contribution < -0.4 is 4.74 Å². The maximum Gasteiger partial charge on any atom is 0.314 e. The third-order valence-electron chi connectivity index (χ3n) is 2.65. The van der Waals surface area contributed by atoms with Crippen molar-refractivity contribution in [3.63, 3.8) is 0 Å². The summed E-state index contributed by atoms with van der Waals surface area (Å²) in [5.74, 6) is 0.407. The summed E-state index contributed by atoms with van der Waals surface area (Å²) in [5, 5.41) is 0. The van der Waals surface area contributed by atoms with Crippen molar-refractivity contribution in [1.29, 1.82) is 0 Å². The Hall–Kier alpha value is -1.29. The van der Waals surface area contributed by atoms with Crippen LogP contribution in [0.5, 0.6) is 5.75 Å². The molecule has 4 heteroatoms. The van der Waals surface area contributed by atoms with Crippen molar-refractivity contribution in [3.05, 3.63) is 40.9 Å². The van der Waals surface area contributed by atoms with Crippen LogP contribution in [0.4, 0.5) is 0 Å². The van der Waals surface area contributed by atoms with Crippen LogP contribution in [0.3, 0.4) is 0 Å². The van der Waals surface area contributed by atoms with Crippen molar-refractivity contribution >= 4 is 21.9 Å². The van der Waals surface area contributed by atoms with Gasteiger partial charge in [0.25, 0.3) is 0 Å². The highest BCUT2D eigenvalue weighted by atomic mass is 79.9. The normalized spacial score (nSPS) is 11.6. The van der Waals surface area contributed by atoms with E-state index in [1.54, 1.807) is 0 Å². The SMILES string of the molecule is C/C=C/CC(C)(C)C(=O)OCOc1ccc(Br)cc1. The van der Waals surface area contributed by atoms with E-state index in [0.29, 0.717) is 12.2 Å². The number of carbonyl (C=O) groups is 1. The highest BCUT2D eigenvalue weighted by Crippen LogP contribution is 2.23. The van der Waals surface area contributed by atoms with E-state index in [9.17, 15) is 4.79 Å². The monoisotopic (exact) mass is 326 g/mol. The van der Waals surface area contributed by atoms with E-state index in [0.717, 1.165) is 4.47 Å². The molecule has 3 nitrogen and oxygen atoms in total. The molecule has 0 unspecified atom stereocenters. The first kappa shape index (κ1) is 15.8. The second-order valence-corrected chi connectivity index (χ2v) is 5.72. The van der Waals surface area contributed by atoms with Gasteiger partial charge in [0, 0.05) is 4.47 Å². The summed E-state index contributed by atoms with van der Waals surface area (Å²) < 4.78 is 11.5. The number of carbonyl (C=O) groups excluding carboxylic acids is 1. The fourth-order valence-corrected chi connectivity index (χ4v) is 1.64. The second kappa shape index (κ2) is 7.34. The van der Waals surface area contributed by atoms with Gasteiger partial charge in [-0.25, -0.2) is 0 Å². The first-order chi connectivity index (χ1) is 8.95. The molecule has 0 radical (unpaired) electrons. The molecule has 0 spiro atoms. The second-order valence-electron chi connectivity index (χ2n) is 4.80. The summed E-state index contributed by atoms with van der Waals surface area (Å²) in [5.41, 5.74) is -0.532. The van der Waals surface area contributed by atoms with Gasteiger partial charge in [-0.05, 0) is 51.5 Å². The summed E-state index contributed by atoms with van der Waals surface area (Å²) in [6, 6.07) is 7.35. The first-order valence-corrected chi connectivity index (χ1v) is 6.92. The van der Waals surface area contributed by atoms with Crippen molar-refractivity contribution in [3.8, 4) is 5.75 Å². The standard InChI is InChI=1S/C15H19BrO3/c1-4-5-10-15(2,3)14(17)19-11-18-13-8-6-12(16)7-9-13/h4-9H,10-11H2,1-3H3/b5-4+. The number of hydrogen-bond donors (Lipinski definition) is 0. The Morgan fingerprint density at radius 1 is 1.32 bits per heavy atom. The quantitative estimate of drug-likeness (QED) is 0.443. The van der Waals surface area contributed by atoms with Crippen LogP contribution in [0.15, 0.2) is 40.9 Å². The van der Waals surface area contributed by atoms with Gasteiger partial charge in [0.05, 0.1) is 5.41 Å². The minimum atomic E-state index is -0.532. The van der Waals surface area contributed by atoms with Crippen LogP contribution in [0.25, 0.3) is 0 Å². The van der Waals surface area contributed by atoms with E-state index >= 15 is 0 Å². The van der Waals surface area contributed by atoms with E-state index in [1.807, 2.05) is 57.2 Å². The van der Waals surface area contributed by atoms with Crippen LogP contribution in [0, 0.1) is 5.41 Å². The van der Waals surface area contributed by atoms with Gasteiger partial charge in [-0.15, -0.1) is 0 Å². The molecule has 1 aromatic rings. The van der Waals surface area contributed by atoms with Crippen LogP contribution in [0.2, 0.25) is 0 Å². The van der Waals surface area contributed by atoms with Crippen molar-refractivity contribution in [2.75, 3.05) is 6.79 Å². The number of rotatable bonds is 6. The molecule has 0 N–H and O–H groups in total. The molecule has 104 valence electrons. The van der Waals surface area contributed by atoms with Gasteiger partial charge >= 0.3 is 5.97 Å². The molecule has 0 bridgehead atoms. The number of halogens is 1. The lowest BCUT2D eigenvalue weighted by Gasteiger charge is -2.20. The van der Waals surface area contributed by atoms with E-state index < -0.39 is 5.41 Å². The highest BCUT2D eigenvalue weighted by molar-refractivity contribution is 9.10. The van der Waals surface area contributed by atoms with E-state index in [2.05, 4.69) is 15.9 Å². The summed E-state index contributed by atoms with van der Waals surface area (Å²) in [4.78, 5) is 11.9. The van der Waals surface area contributed by atoms with Gasteiger partial charge in [-0.3, -0.25) is 4.79 Å². The minimum Gasteiger partial charge on any atom is -0.457 e. The molecule has 0 aromatic heterocycles. The predicted molar refractivity (Wildman–Crippen MR) is 78.9 cm³/mol. The van der Waals surface area contributed by atoms with Crippen molar-refractivity contribution in [1.82, 2.24) is 0 Å². The van der Waals surface area contributed by atoms with Crippen LogP contribution in [-0.2, 0) is 9.53 Å². The maximum absolute atomic E-state index is 11.9. The summed E-state index contributed by atoms with van der Waals surface area (Å²) in [6.07, 6.45) is 4.53. The van der Waals surface area contributed by atoms with E-state index in [4.69, 9.17) is 9.47 Å². The summed E-state index contributed by atoms with van der Waals surface area (Å²) in [7, 11) is 0. The van der Waals surface area contributed by atoms with Gasteiger partial charge < -0.3 is 9.47 Å². The minimum absolute atomic E-state index is 0.0697. The molecule has 0 aliphatic rings. The Kier molecular flexibility index (Phi) is 6.09. The Labute approximate surface area is 122 Å². The lowest BCUT2D eigenvalue weighted by atomic mass is 9.89. The Morgan fingerprint density at radius 3 is 2.53 bits per heavy atom. The van der Waals surface area contributed by atoms with E-state index in [1.165, 1.54) is 0 Å². The average Bonchev–Trinajstić information content (AvgIpc) is 2.38. The van der Waals surface area contributed by atoms with Crippen molar-refractivity contribution < 1.29 is 14.3 Å². The molecule has 0 amide bonds. The molecule has 0 heterocycles. The molecule has 0 saturated carbocycles. The molecular formula is C15H19BrO3. The molecule has 0 aliphatic heterocycles. The van der Waals surface area contributed by atoms with Gasteiger partial charge in [-0.2, -0.15) is 0 Å². The van der Waals surface area contributed by atoms with Crippen LogP contribution in [-0.4, -0.2) is 12.8 Å². The van der Waals surface area contributed by atoms with Gasteiger partial charge in [-0.1, -0.05) is 28.1 Å². The first-order valence-electron chi connectivity index (χ1n) is 6.12. The zero-order valence-electron chi connectivity index (χ0n) is 11.5. The zero-order valence-corrected chi connectivity index (χ0v) is 13.1. The van der Waals surface area contributed by atoms with E-state index in [-0.39, 0.29) is 12.8 Å². The number of esters is 1. The molecule has 0 fully saturated rings. The Morgan fingerprint density at radius 2 is 1.95 bits per heavy atom. The number of ether oxygens (including phenoxy) is 2. The fourth-order valence-electron chi connectivity index (χ4n) is 1.37. The highest BCUT2D eigenvalue weighted by Gasteiger charge is 2.27. The Balaban J connectivity index is 2.40. The smallest absolute Gasteiger partial charge is 0.314 e. The van der Waals surface area contributed by atoms with Crippen LogP contribution in [0.1, 0.15) is 27.2 Å². The van der Waals surface area contributed by atoms with Crippen LogP contribution >= 0.6 is 15.9 Å². The molecule has 1 aromatic carbocycles. The maximum atomic E-state index is 11.9. The fraction of sp³-hybridized carbons (Fsp3) is 0.400. The number of benzene rings is 1. The zero-order chi connectivity index (χ0) is 14.3. The molecule has 0 aliphatic carbocycles. The number of hydrogen-bond acceptors (Lipinski definition) is 3. The molecule has 1 rings (SSSR count). The van der Waals surface area contributed by atoms with Gasteiger partial charge in [0.1, 0.15) is 5.75 Å². The van der Waals surface area contributed by atoms with Gasteiger partial charge in [0.2, 0.25) is 6.79 Å². The molecular weight excluding hydrogens is 308 g/mol. The topological polar surface area (TPSA) is 35.5 Å². The molecule has 0 saturated heterocycles. The average molecular weight is 327 g/mol. The summed E-state index contributed by atoms with van der Waals surface area (Å²) >= 11 is 3.34. The predicted octanol–water partition coefficient (Wildman–Crippen LogP) is 4.32. The molecule has 0 atom stereocenters. The number of allylic oxidation sites excluding steroid dienone is 2. The lowest BCUT2D eigenvalue weighted by Crippen LogP contribution is -2.27. The Bertz CT molecular complexity index is 435. The van der Waals surface area contributed by atoms with Crippen molar-refractivity contribution in [2.45, 2.75) is 27.2 Å². The summed E-state index contributed by atoms with van der Waals surface area (Å²) in [6.45, 7) is 5.57. The molecule has 19 heavy (non-hydrogen) atoms.